The Labute approximate surface area is 120 Å². The molecule has 0 saturated heterocycles. The normalized spacial score (nSPS) is 22.3. The van der Waals surface area contributed by atoms with Crippen LogP contribution in [0.5, 0.6) is 5.75 Å². The van der Waals surface area contributed by atoms with Crippen LogP contribution in [0, 0.1) is 0 Å². The first-order chi connectivity index (χ1) is 9.67. The predicted octanol–water partition coefficient (Wildman–Crippen LogP) is 2.01. The van der Waals surface area contributed by atoms with E-state index in [1.165, 1.54) is 0 Å². The number of hydrogen-bond donors (Lipinski definition) is 2. The fraction of sp³-hybridized carbons (Fsp3) is 0.562. The Morgan fingerprint density at radius 2 is 1.90 bits per heavy atom. The molecule has 0 bridgehead atoms. The first-order valence-electron chi connectivity index (χ1n) is 7.35. The van der Waals surface area contributed by atoms with Crippen LogP contribution >= 0.6 is 0 Å². The van der Waals surface area contributed by atoms with Crippen molar-refractivity contribution in [1.29, 1.82) is 0 Å². The lowest BCUT2D eigenvalue weighted by Crippen LogP contribution is -2.40. The number of carbonyl (C=O) groups excluding carboxylic acids is 1. The van der Waals surface area contributed by atoms with Crippen LogP contribution in [0.25, 0.3) is 0 Å². The summed E-state index contributed by atoms with van der Waals surface area (Å²) in [4.78, 5) is 11.9. The van der Waals surface area contributed by atoms with E-state index in [-0.39, 0.29) is 5.91 Å². The molecule has 1 amide bonds. The number of ether oxygens (including phenoxy) is 1. The number of methoxy groups -OCH3 is 1. The van der Waals surface area contributed by atoms with Gasteiger partial charge in [0.1, 0.15) is 5.75 Å². The van der Waals surface area contributed by atoms with E-state index in [0.717, 1.165) is 43.4 Å². The van der Waals surface area contributed by atoms with Gasteiger partial charge in [-0.25, -0.2) is 0 Å². The van der Waals surface area contributed by atoms with Crippen LogP contribution in [0.2, 0.25) is 0 Å². The summed E-state index contributed by atoms with van der Waals surface area (Å²) in [5.74, 6) is 0.984. The van der Waals surface area contributed by atoms with Crippen molar-refractivity contribution in [1.82, 2.24) is 5.32 Å². The highest BCUT2D eigenvalue weighted by Gasteiger charge is 2.19. The highest BCUT2D eigenvalue weighted by molar-refractivity contribution is 5.76. The summed E-state index contributed by atoms with van der Waals surface area (Å²) in [6.07, 6.45) is 5.36. The molecule has 2 rings (SSSR count). The molecular formula is C16H24N2O2. The van der Waals surface area contributed by atoms with Crippen molar-refractivity contribution in [3.05, 3.63) is 29.8 Å². The van der Waals surface area contributed by atoms with Crippen molar-refractivity contribution < 1.29 is 9.53 Å². The zero-order valence-electron chi connectivity index (χ0n) is 12.1. The number of nitrogens with two attached hydrogens (primary N) is 1. The van der Waals surface area contributed by atoms with Gasteiger partial charge in [-0.15, -0.1) is 0 Å². The molecule has 110 valence electrons. The van der Waals surface area contributed by atoms with Gasteiger partial charge in [-0.1, -0.05) is 12.1 Å². The molecule has 0 aliphatic heterocycles. The Hall–Kier alpha value is -1.55. The van der Waals surface area contributed by atoms with Gasteiger partial charge in [-0.3, -0.25) is 4.79 Å². The molecule has 1 saturated carbocycles. The molecule has 1 aromatic carbocycles. The van der Waals surface area contributed by atoms with E-state index in [9.17, 15) is 4.79 Å². The molecule has 4 nitrogen and oxygen atoms in total. The largest absolute Gasteiger partial charge is 0.497 e. The van der Waals surface area contributed by atoms with E-state index in [4.69, 9.17) is 10.5 Å². The minimum atomic E-state index is 0.140. The Bertz CT molecular complexity index is 423. The summed E-state index contributed by atoms with van der Waals surface area (Å²) in [5, 5.41) is 3.11. The van der Waals surface area contributed by atoms with E-state index >= 15 is 0 Å². The van der Waals surface area contributed by atoms with Crippen LogP contribution in [0.1, 0.15) is 37.7 Å². The number of hydrogen-bond acceptors (Lipinski definition) is 3. The van der Waals surface area contributed by atoms with Gasteiger partial charge in [-0.2, -0.15) is 0 Å². The van der Waals surface area contributed by atoms with E-state index in [0.29, 0.717) is 18.5 Å². The van der Waals surface area contributed by atoms with Crippen LogP contribution in [0.15, 0.2) is 24.3 Å². The van der Waals surface area contributed by atoms with Crippen molar-refractivity contribution >= 4 is 5.91 Å². The summed E-state index contributed by atoms with van der Waals surface area (Å²) in [6.45, 7) is 0. The first kappa shape index (κ1) is 14.9. The van der Waals surface area contributed by atoms with Gasteiger partial charge in [0.05, 0.1) is 7.11 Å². The minimum absolute atomic E-state index is 0.140. The standard InChI is InChI=1S/C16H24N2O2/c1-20-15-9-2-12(3-10-15)4-11-16(19)18-14-7-5-13(17)6-8-14/h2-3,9-10,13-14H,4-8,11,17H2,1H3,(H,18,19). The molecule has 0 heterocycles. The van der Waals surface area contributed by atoms with E-state index in [1.807, 2.05) is 24.3 Å². The van der Waals surface area contributed by atoms with Gasteiger partial charge in [-0.05, 0) is 49.8 Å². The summed E-state index contributed by atoms with van der Waals surface area (Å²) >= 11 is 0. The van der Waals surface area contributed by atoms with E-state index < -0.39 is 0 Å². The maximum atomic E-state index is 11.9. The Morgan fingerprint density at radius 3 is 2.50 bits per heavy atom. The molecule has 0 radical (unpaired) electrons. The quantitative estimate of drug-likeness (QED) is 0.864. The van der Waals surface area contributed by atoms with Crippen LogP contribution in [-0.4, -0.2) is 25.1 Å². The fourth-order valence-corrected chi connectivity index (χ4v) is 2.61. The van der Waals surface area contributed by atoms with Crippen LogP contribution in [-0.2, 0) is 11.2 Å². The Morgan fingerprint density at radius 1 is 1.25 bits per heavy atom. The zero-order valence-corrected chi connectivity index (χ0v) is 12.1. The highest BCUT2D eigenvalue weighted by Crippen LogP contribution is 2.17. The van der Waals surface area contributed by atoms with Crippen LogP contribution in [0.3, 0.4) is 0 Å². The topological polar surface area (TPSA) is 64.3 Å². The maximum absolute atomic E-state index is 11.9. The van der Waals surface area contributed by atoms with Gasteiger partial charge in [0.25, 0.3) is 0 Å². The molecule has 0 atom stereocenters. The number of nitrogens with one attached hydrogen (secondary N) is 1. The third-order valence-corrected chi connectivity index (χ3v) is 3.94. The van der Waals surface area contributed by atoms with Gasteiger partial charge >= 0.3 is 0 Å². The molecule has 3 N–H and O–H groups in total. The second-order valence-corrected chi connectivity index (χ2v) is 5.53. The average molecular weight is 276 g/mol. The third-order valence-electron chi connectivity index (χ3n) is 3.94. The summed E-state index contributed by atoms with van der Waals surface area (Å²) in [5.41, 5.74) is 7.02. The van der Waals surface area contributed by atoms with Crippen molar-refractivity contribution in [2.24, 2.45) is 5.73 Å². The van der Waals surface area contributed by atoms with E-state index in [1.54, 1.807) is 7.11 Å². The SMILES string of the molecule is COc1ccc(CCC(=O)NC2CCC(N)CC2)cc1. The van der Waals surface area contributed by atoms with Crippen LogP contribution in [0.4, 0.5) is 0 Å². The van der Waals surface area contributed by atoms with Gasteiger partial charge in [0, 0.05) is 18.5 Å². The maximum Gasteiger partial charge on any atom is 0.220 e. The molecule has 20 heavy (non-hydrogen) atoms. The monoisotopic (exact) mass is 276 g/mol. The summed E-state index contributed by atoms with van der Waals surface area (Å²) in [6, 6.07) is 8.50. The van der Waals surface area contributed by atoms with Crippen molar-refractivity contribution in [2.45, 2.75) is 50.6 Å². The molecule has 1 aliphatic carbocycles. The summed E-state index contributed by atoms with van der Waals surface area (Å²) < 4.78 is 5.11. The van der Waals surface area contributed by atoms with Gasteiger partial charge in [0.2, 0.25) is 5.91 Å². The predicted molar refractivity (Wildman–Crippen MR) is 79.7 cm³/mol. The molecule has 0 aromatic heterocycles. The lowest BCUT2D eigenvalue weighted by atomic mass is 9.92. The average Bonchev–Trinajstić information content (AvgIpc) is 2.48. The summed E-state index contributed by atoms with van der Waals surface area (Å²) in [7, 11) is 1.65. The first-order valence-corrected chi connectivity index (χ1v) is 7.35. The lowest BCUT2D eigenvalue weighted by Gasteiger charge is -2.26. The number of rotatable bonds is 5. The molecule has 1 aromatic rings. The molecule has 1 aliphatic rings. The minimum Gasteiger partial charge on any atom is -0.497 e. The van der Waals surface area contributed by atoms with Crippen molar-refractivity contribution in [2.75, 3.05) is 7.11 Å². The number of benzene rings is 1. The molecule has 1 fully saturated rings. The van der Waals surface area contributed by atoms with E-state index in [2.05, 4.69) is 5.32 Å². The van der Waals surface area contributed by atoms with Crippen LogP contribution < -0.4 is 15.8 Å². The fourth-order valence-electron chi connectivity index (χ4n) is 2.61. The Balaban J connectivity index is 1.71. The lowest BCUT2D eigenvalue weighted by molar-refractivity contribution is -0.122. The van der Waals surface area contributed by atoms with Crippen molar-refractivity contribution in [3.8, 4) is 5.75 Å². The second-order valence-electron chi connectivity index (χ2n) is 5.53. The second kappa shape index (κ2) is 7.29. The van der Waals surface area contributed by atoms with Crippen molar-refractivity contribution in [3.63, 3.8) is 0 Å². The molecule has 0 spiro atoms. The number of amides is 1. The molecule has 0 unspecified atom stereocenters. The van der Waals surface area contributed by atoms with Gasteiger partial charge in [0.15, 0.2) is 0 Å². The smallest absolute Gasteiger partial charge is 0.220 e. The highest BCUT2D eigenvalue weighted by atomic mass is 16.5. The zero-order chi connectivity index (χ0) is 14.4. The Kier molecular flexibility index (Phi) is 5.41. The third kappa shape index (κ3) is 4.53. The number of aryl methyl sites for hydroxylation is 1. The van der Waals surface area contributed by atoms with Gasteiger partial charge < -0.3 is 15.8 Å². The number of carbonyl (C=O) groups is 1. The molecule has 4 heteroatoms. The molecular weight excluding hydrogens is 252 g/mol.